The quantitative estimate of drug-likeness (QED) is 0.194. The smallest absolute Gasteiger partial charge is 0.225 e. The standard InChI is InChI=1S/C21H21N9O.C13H13N7O.C9H12N2/c1-13-9-14-12-28(5-4-16(14)23-10-13)6-7-29-19-15(11-24-29)20-25-18(17-3-2-8-31-17)27-30(20)21(22)26-19;1-2-5-19-11-8(7-15-19)12-16-10(9-4-3-6-21-9)18-20(12)13(14)17-11;1-7-4-8-6-10-3-2-9(8)11-5-7/h2-3,8-11H,4-7,12H2,1H3,(H2,22,26);3-4,6-7H,2,5H2,1H3,(H2,14,17);4-5,10H,2-3,6H2,1H3. The van der Waals surface area contributed by atoms with E-state index in [1.807, 2.05) is 27.8 Å². The molecule has 10 aromatic heterocycles. The Hall–Kier alpha value is -7.58. The van der Waals surface area contributed by atoms with Gasteiger partial charge >= 0.3 is 0 Å². The van der Waals surface area contributed by atoms with E-state index in [0.29, 0.717) is 46.7 Å². The lowest BCUT2D eigenvalue weighted by atomic mass is 10.0. The van der Waals surface area contributed by atoms with E-state index in [2.05, 4.69) is 93.4 Å². The van der Waals surface area contributed by atoms with E-state index in [-0.39, 0.29) is 11.9 Å². The number of nitrogens with one attached hydrogen (secondary N) is 1. The number of hydrogen-bond acceptors (Lipinski definition) is 16. The summed E-state index contributed by atoms with van der Waals surface area (Å²) in [6, 6.07) is 11.7. The fourth-order valence-corrected chi connectivity index (χ4v) is 7.97. The van der Waals surface area contributed by atoms with Gasteiger partial charge < -0.3 is 25.6 Å². The van der Waals surface area contributed by atoms with Crippen LogP contribution >= 0.6 is 0 Å². The maximum Gasteiger partial charge on any atom is 0.225 e. The molecule has 0 atom stereocenters. The van der Waals surface area contributed by atoms with Crippen molar-refractivity contribution >= 4 is 45.3 Å². The first-order valence-electron chi connectivity index (χ1n) is 20.9. The molecule has 2 aliphatic heterocycles. The van der Waals surface area contributed by atoms with Gasteiger partial charge in [-0.2, -0.15) is 29.2 Å². The lowest BCUT2D eigenvalue weighted by Gasteiger charge is -2.28. The average molecular weight is 847 g/mol. The first-order valence-corrected chi connectivity index (χ1v) is 20.9. The van der Waals surface area contributed by atoms with Gasteiger partial charge in [-0.05, 0) is 66.8 Å². The molecule has 0 spiro atoms. The molecule has 0 saturated carbocycles. The number of nitrogens with zero attached hydrogens (tertiary/aromatic N) is 15. The molecule has 10 aromatic rings. The summed E-state index contributed by atoms with van der Waals surface area (Å²) in [6.07, 6.45) is 13.6. The van der Waals surface area contributed by atoms with Crippen molar-refractivity contribution in [2.75, 3.05) is 31.1 Å². The summed E-state index contributed by atoms with van der Waals surface area (Å²) in [6.45, 7) is 12.6. The molecule has 12 rings (SSSR count). The van der Waals surface area contributed by atoms with Crippen molar-refractivity contribution in [3.8, 4) is 23.2 Å². The van der Waals surface area contributed by atoms with Crippen LogP contribution in [0, 0.1) is 13.8 Å². The van der Waals surface area contributed by atoms with Crippen LogP contribution in [-0.4, -0.2) is 93.2 Å². The molecule has 5 N–H and O–H groups in total. The molecule has 0 aliphatic carbocycles. The molecule has 320 valence electrons. The highest BCUT2D eigenvalue weighted by Crippen LogP contribution is 2.26. The van der Waals surface area contributed by atoms with Crippen LogP contribution in [0.1, 0.15) is 47.0 Å². The second-order valence-electron chi connectivity index (χ2n) is 15.6. The Morgan fingerprint density at radius 1 is 0.667 bits per heavy atom. The third-order valence-electron chi connectivity index (χ3n) is 11.0. The summed E-state index contributed by atoms with van der Waals surface area (Å²) >= 11 is 0. The van der Waals surface area contributed by atoms with Crippen LogP contribution in [0.4, 0.5) is 11.9 Å². The van der Waals surface area contributed by atoms with Crippen LogP contribution in [-0.2, 0) is 39.0 Å². The van der Waals surface area contributed by atoms with Gasteiger partial charge in [-0.25, -0.2) is 19.3 Å². The Kier molecular flexibility index (Phi) is 10.5. The van der Waals surface area contributed by atoms with Gasteiger partial charge in [0.25, 0.3) is 0 Å². The fraction of sp³-hybridized carbons (Fsp3) is 0.302. The highest BCUT2D eigenvalue weighted by atomic mass is 16.3. The zero-order chi connectivity index (χ0) is 43.0. The van der Waals surface area contributed by atoms with Crippen molar-refractivity contribution in [3.05, 3.63) is 107 Å². The van der Waals surface area contributed by atoms with E-state index < -0.39 is 0 Å². The molecule has 20 nitrogen and oxygen atoms in total. The highest BCUT2D eigenvalue weighted by Gasteiger charge is 2.21. The largest absolute Gasteiger partial charge is 0.461 e. The number of furan rings is 2. The number of fused-ring (bicyclic) bond motifs is 8. The maximum atomic E-state index is 6.18. The van der Waals surface area contributed by atoms with Crippen molar-refractivity contribution in [1.29, 1.82) is 0 Å². The number of nitrogen functional groups attached to an aromatic ring is 2. The summed E-state index contributed by atoms with van der Waals surface area (Å²) in [7, 11) is 0. The van der Waals surface area contributed by atoms with Crippen LogP contribution < -0.4 is 16.8 Å². The summed E-state index contributed by atoms with van der Waals surface area (Å²) < 4.78 is 17.5. The topological polar surface area (TPSA) is 241 Å². The fourth-order valence-electron chi connectivity index (χ4n) is 7.97. The van der Waals surface area contributed by atoms with Gasteiger partial charge in [-0.3, -0.25) is 14.9 Å². The molecule has 12 heterocycles. The molecule has 0 radical (unpaired) electrons. The summed E-state index contributed by atoms with van der Waals surface area (Å²) in [5.41, 5.74) is 22.5. The molecule has 0 fully saturated rings. The van der Waals surface area contributed by atoms with E-state index in [1.54, 1.807) is 43.1 Å². The molecule has 0 bridgehead atoms. The molecule has 0 amide bonds. The van der Waals surface area contributed by atoms with Crippen LogP contribution in [0.25, 0.3) is 56.5 Å². The second kappa shape index (κ2) is 16.7. The lowest BCUT2D eigenvalue weighted by molar-refractivity contribution is 0.239. The number of hydrogen-bond donors (Lipinski definition) is 3. The number of aromatic nitrogens is 14. The van der Waals surface area contributed by atoms with Crippen LogP contribution in [0.5, 0.6) is 0 Å². The number of aryl methyl sites for hydroxylation is 3. The Labute approximate surface area is 360 Å². The zero-order valence-electron chi connectivity index (χ0n) is 35.2. The van der Waals surface area contributed by atoms with E-state index in [9.17, 15) is 0 Å². The lowest BCUT2D eigenvalue weighted by Crippen LogP contribution is -2.33. The van der Waals surface area contributed by atoms with E-state index in [0.717, 1.165) is 75.0 Å². The predicted octanol–water partition coefficient (Wildman–Crippen LogP) is 4.84. The molecule has 0 unspecified atom stereocenters. The molecule has 20 heteroatoms. The number of nitrogens with two attached hydrogens (primary N) is 2. The maximum absolute atomic E-state index is 6.18. The van der Waals surface area contributed by atoms with Gasteiger partial charge in [-0.1, -0.05) is 19.1 Å². The number of rotatable bonds is 7. The molecule has 2 aliphatic rings. The average Bonchev–Trinajstić information content (AvgIpc) is 4.15. The first kappa shape index (κ1) is 39.5. The number of pyridine rings is 2. The third-order valence-corrected chi connectivity index (χ3v) is 11.0. The molecule has 63 heavy (non-hydrogen) atoms. The van der Waals surface area contributed by atoms with Crippen molar-refractivity contribution < 1.29 is 8.83 Å². The monoisotopic (exact) mass is 846 g/mol. The van der Waals surface area contributed by atoms with Gasteiger partial charge in [0.2, 0.25) is 23.5 Å². The van der Waals surface area contributed by atoms with Crippen molar-refractivity contribution in [3.63, 3.8) is 0 Å². The summed E-state index contributed by atoms with van der Waals surface area (Å²) in [5, 5.41) is 22.6. The minimum atomic E-state index is 0.267. The minimum Gasteiger partial charge on any atom is -0.461 e. The van der Waals surface area contributed by atoms with Crippen LogP contribution in [0.2, 0.25) is 0 Å². The molecule has 0 aromatic carbocycles. The zero-order valence-corrected chi connectivity index (χ0v) is 35.2. The molecular formula is C43H46N18O2. The second-order valence-corrected chi connectivity index (χ2v) is 15.6. The minimum absolute atomic E-state index is 0.267. The van der Waals surface area contributed by atoms with Crippen molar-refractivity contribution in [2.24, 2.45) is 0 Å². The van der Waals surface area contributed by atoms with E-state index in [1.165, 1.54) is 42.7 Å². The normalized spacial score (nSPS) is 13.8. The van der Waals surface area contributed by atoms with Gasteiger partial charge in [0.05, 0.1) is 42.2 Å². The predicted molar refractivity (Wildman–Crippen MR) is 235 cm³/mol. The highest BCUT2D eigenvalue weighted by molar-refractivity contribution is 5.91. The Bertz CT molecular complexity index is 3200. The first-order chi connectivity index (χ1) is 30.8. The van der Waals surface area contributed by atoms with E-state index >= 15 is 0 Å². The van der Waals surface area contributed by atoms with Gasteiger partial charge in [0, 0.05) is 75.9 Å². The van der Waals surface area contributed by atoms with Gasteiger partial charge in [0.1, 0.15) is 0 Å². The van der Waals surface area contributed by atoms with Crippen molar-refractivity contribution in [2.45, 2.75) is 66.2 Å². The van der Waals surface area contributed by atoms with Crippen LogP contribution in [0.3, 0.4) is 0 Å². The summed E-state index contributed by atoms with van der Waals surface area (Å²) in [4.78, 5) is 29.4. The van der Waals surface area contributed by atoms with Gasteiger partial charge in [0.15, 0.2) is 34.1 Å². The van der Waals surface area contributed by atoms with Gasteiger partial charge in [-0.15, -0.1) is 10.2 Å². The Balaban J connectivity index is 0.000000126. The van der Waals surface area contributed by atoms with E-state index in [4.69, 9.17) is 20.3 Å². The summed E-state index contributed by atoms with van der Waals surface area (Å²) in [5.74, 6) is 2.66. The van der Waals surface area contributed by atoms with Crippen LogP contribution in [0.15, 0.2) is 82.5 Å². The molecular weight excluding hydrogens is 801 g/mol. The SMILES string of the molecule is CCCn1ncc2c1nc(N)n1nc(-c3ccco3)nc21.Cc1cnc2c(c1)CN(CCn1ncc3c1nc(N)n1nc(-c4ccco4)nc31)CC2.Cc1cnc2c(c1)CNCC2. The Morgan fingerprint density at radius 3 is 1.81 bits per heavy atom. The van der Waals surface area contributed by atoms with Crippen molar-refractivity contribution in [1.82, 2.24) is 78.9 Å². The number of anilines is 2. The molecule has 0 saturated heterocycles. The Morgan fingerprint density at radius 2 is 1.24 bits per heavy atom. The third kappa shape index (κ3) is 7.80.